The van der Waals surface area contributed by atoms with Crippen LogP contribution in [0.3, 0.4) is 0 Å². The second-order valence-corrected chi connectivity index (χ2v) is 6.61. The summed E-state index contributed by atoms with van der Waals surface area (Å²) in [6.07, 6.45) is 2.62. The van der Waals surface area contributed by atoms with Gasteiger partial charge in [-0.2, -0.15) is 0 Å². The number of thioether (sulfide) groups is 1. The van der Waals surface area contributed by atoms with Gasteiger partial charge < -0.3 is 5.32 Å². The van der Waals surface area contributed by atoms with Gasteiger partial charge in [-0.3, -0.25) is 0 Å². The van der Waals surface area contributed by atoms with E-state index in [2.05, 4.69) is 37.4 Å². The Kier molecular flexibility index (Phi) is 2.52. The van der Waals surface area contributed by atoms with Crippen LogP contribution in [0, 0.1) is 0 Å². The van der Waals surface area contributed by atoms with E-state index in [-0.39, 0.29) is 5.54 Å². The number of aryl methyl sites for hydroxylation is 1. The molecule has 0 aliphatic carbocycles. The van der Waals surface area contributed by atoms with Gasteiger partial charge in [-0.05, 0) is 49.6 Å². The number of hydrogen-bond acceptors (Lipinski definition) is 2. The summed E-state index contributed by atoms with van der Waals surface area (Å²) in [6, 6.07) is 7.13. The summed E-state index contributed by atoms with van der Waals surface area (Å²) in [6.45, 7) is 5.74. The van der Waals surface area contributed by atoms with Crippen molar-refractivity contribution in [3.05, 3.63) is 29.3 Å². The number of fused-ring (bicyclic) bond motifs is 1. The van der Waals surface area contributed by atoms with E-state index < -0.39 is 0 Å². The molecule has 2 heterocycles. The lowest BCUT2D eigenvalue weighted by Gasteiger charge is -2.46. The Morgan fingerprint density at radius 1 is 1.38 bits per heavy atom. The number of rotatable bonds is 1. The zero-order valence-corrected chi connectivity index (χ0v) is 10.9. The maximum absolute atomic E-state index is 3.51. The van der Waals surface area contributed by atoms with Crippen LogP contribution < -0.4 is 5.32 Å². The average molecular weight is 233 g/mol. The van der Waals surface area contributed by atoms with Gasteiger partial charge in [0.2, 0.25) is 0 Å². The maximum atomic E-state index is 3.51. The molecule has 1 fully saturated rings. The summed E-state index contributed by atoms with van der Waals surface area (Å²) in [5.74, 6) is 1.99. The molecule has 86 valence electrons. The van der Waals surface area contributed by atoms with E-state index in [1.165, 1.54) is 29.1 Å². The van der Waals surface area contributed by atoms with Gasteiger partial charge in [0.1, 0.15) is 0 Å². The van der Waals surface area contributed by atoms with Crippen LogP contribution in [0.5, 0.6) is 0 Å². The molecular formula is C14H19NS. The lowest BCUT2D eigenvalue weighted by Crippen LogP contribution is -2.59. The van der Waals surface area contributed by atoms with Crippen molar-refractivity contribution in [2.24, 2.45) is 0 Å². The first-order valence-corrected chi connectivity index (χ1v) is 7.16. The van der Waals surface area contributed by atoms with Crippen LogP contribution in [-0.2, 0) is 6.42 Å². The standard InChI is InChI=1S/C14H19NS/c1-14(2)12(9-15-14)10-5-6-13-11(8-10)4-3-7-16-13/h5-6,8,12,15H,3-4,7,9H2,1-2H3. The fourth-order valence-corrected chi connectivity index (χ4v) is 3.76. The van der Waals surface area contributed by atoms with E-state index in [1.54, 1.807) is 5.56 Å². The highest BCUT2D eigenvalue weighted by atomic mass is 32.2. The summed E-state index contributed by atoms with van der Waals surface area (Å²) >= 11 is 2.02. The van der Waals surface area contributed by atoms with E-state index >= 15 is 0 Å². The zero-order valence-electron chi connectivity index (χ0n) is 10.0. The second kappa shape index (κ2) is 3.78. The summed E-state index contributed by atoms with van der Waals surface area (Å²) in [5, 5.41) is 3.51. The molecule has 1 aromatic carbocycles. The van der Waals surface area contributed by atoms with Crippen molar-refractivity contribution in [2.75, 3.05) is 12.3 Å². The van der Waals surface area contributed by atoms with Crippen LogP contribution in [0.2, 0.25) is 0 Å². The normalized spacial score (nSPS) is 27.0. The Labute approximate surface area is 102 Å². The molecule has 1 N–H and O–H groups in total. The van der Waals surface area contributed by atoms with Gasteiger partial charge in [-0.1, -0.05) is 12.1 Å². The molecule has 2 heteroatoms. The first-order chi connectivity index (χ1) is 7.67. The molecule has 0 aromatic heterocycles. The zero-order chi connectivity index (χ0) is 11.2. The predicted octanol–water partition coefficient (Wildman–Crippen LogP) is 3.19. The minimum atomic E-state index is 0.288. The van der Waals surface area contributed by atoms with Crippen LogP contribution in [0.1, 0.15) is 37.3 Å². The Hall–Kier alpha value is -0.470. The first-order valence-electron chi connectivity index (χ1n) is 6.17. The summed E-state index contributed by atoms with van der Waals surface area (Å²) < 4.78 is 0. The number of hydrogen-bond donors (Lipinski definition) is 1. The lowest BCUT2D eigenvalue weighted by atomic mass is 9.75. The van der Waals surface area contributed by atoms with Gasteiger partial charge in [0, 0.05) is 22.9 Å². The van der Waals surface area contributed by atoms with Gasteiger partial charge in [0.15, 0.2) is 0 Å². The molecule has 3 rings (SSSR count). The largest absolute Gasteiger partial charge is 0.310 e. The van der Waals surface area contributed by atoms with Gasteiger partial charge in [-0.15, -0.1) is 11.8 Å². The topological polar surface area (TPSA) is 12.0 Å². The van der Waals surface area contributed by atoms with Gasteiger partial charge in [-0.25, -0.2) is 0 Å². The van der Waals surface area contributed by atoms with E-state index in [9.17, 15) is 0 Å². The first kappa shape index (κ1) is 10.7. The van der Waals surface area contributed by atoms with Gasteiger partial charge >= 0.3 is 0 Å². The summed E-state index contributed by atoms with van der Waals surface area (Å²) in [7, 11) is 0. The highest BCUT2D eigenvalue weighted by molar-refractivity contribution is 7.99. The Morgan fingerprint density at radius 2 is 2.25 bits per heavy atom. The molecule has 1 atom stereocenters. The summed E-state index contributed by atoms with van der Waals surface area (Å²) in [4.78, 5) is 1.51. The van der Waals surface area contributed by atoms with Crippen molar-refractivity contribution < 1.29 is 0 Å². The van der Waals surface area contributed by atoms with Crippen LogP contribution >= 0.6 is 11.8 Å². The lowest BCUT2D eigenvalue weighted by molar-refractivity contribution is 0.208. The predicted molar refractivity (Wildman–Crippen MR) is 70.3 cm³/mol. The average Bonchev–Trinajstić information content (AvgIpc) is 2.28. The molecule has 1 unspecified atom stereocenters. The highest BCUT2D eigenvalue weighted by Crippen LogP contribution is 2.38. The third-order valence-corrected chi connectivity index (χ3v) is 5.17. The van der Waals surface area contributed by atoms with E-state index in [4.69, 9.17) is 0 Å². The smallest absolute Gasteiger partial charge is 0.0206 e. The highest BCUT2D eigenvalue weighted by Gasteiger charge is 2.38. The van der Waals surface area contributed by atoms with Crippen molar-refractivity contribution >= 4 is 11.8 Å². The monoisotopic (exact) mass is 233 g/mol. The molecule has 1 nitrogen and oxygen atoms in total. The molecule has 1 saturated heterocycles. The molecule has 16 heavy (non-hydrogen) atoms. The van der Waals surface area contributed by atoms with Crippen molar-refractivity contribution in [1.29, 1.82) is 0 Å². The second-order valence-electron chi connectivity index (χ2n) is 5.47. The SMILES string of the molecule is CC1(C)NCC1c1ccc2c(c1)CCCS2. The van der Waals surface area contributed by atoms with Crippen molar-refractivity contribution in [3.63, 3.8) is 0 Å². The fourth-order valence-electron chi connectivity index (χ4n) is 2.74. The van der Waals surface area contributed by atoms with E-state index in [0.717, 1.165) is 6.54 Å². The molecule has 0 radical (unpaired) electrons. The van der Waals surface area contributed by atoms with Crippen molar-refractivity contribution in [3.8, 4) is 0 Å². The molecular weight excluding hydrogens is 214 g/mol. The molecule has 1 aromatic rings. The molecule has 0 saturated carbocycles. The quantitative estimate of drug-likeness (QED) is 0.799. The Morgan fingerprint density at radius 3 is 2.94 bits per heavy atom. The third kappa shape index (κ3) is 1.68. The maximum Gasteiger partial charge on any atom is 0.0206 e. The molecule has 2 aliphatic rings. The summed E-state index contributed by atoms with van der Waals surface area (Å²) in [5.41, 5.74) is 3.40. The van der Waals surface area contributed by atoms with E-state index in [0.29, 0.717) is 5.92 Å². The van der Waals surface area contributed by atoms with Crippen LogP contribution in [0.25, 0.3) is 0 Å². The van der Waals surface area contributed by atoms with Gasteiger partial charge in [0.05, 0.1) is 0 Å². The Balaban J connectivity index is 1.91. The van der Waals surface area contributed by atoms with Gasteiger partial charge in [0.25, 0.3) is 0 Å². The molecule has 2 aliphatic heterocycles. The molecule has 0 bridgehead atoms. The van der Waals surface area contributed by atoms with Crippen LogP contribution in [0.15, 0.2) is 23.1 Å². The van der Waals surface area contributed by atoms with Crippen molar-refractivity contribution in [2.45, 2.75) is 43.0 Å². The van der Waals surface area contributed by atoms with Crippen LogP contribution in [-0.4, -0.2) is 17.8 Å². The minimum absolute atomic E-state index is 0.288. The molecule has 0 spiro atoms. The number of benzene rings is 1. The molecule has 0 amide bonds. The van der Waals surface area contributed by atoms with E-state index in [1.807, 2.05) is 11.8 Å². The fraction of sp³-hybridized carbons (Fsp3) is 0.571. The Bertz CT molecular complexity index is 411. The third-order valence-electron chi connectivity index (χ3n) is 3.97. The van der Waals surface area contributed by atoms with Crippen molar-refractivity contribution in [1.82, 2.24) is 5.32 Å². The van der Waals surface area contributed by atoms with Crippen LogP contribution in [0.4, 0.5) is 0 Å². The number of nitrogens with one attached hydrogen (secondary N) is 1. The minimum Gasteiger partial charge on any atom is -0.310 e.